The van der Waals surface area contributed by atoms with Gasteiger partial charge < -0.3 is 19.5 Å². The summed E-state index contributed by atoms with van der Waals surface area (Å²) in [6.07, 6.45) is 22.0. The van der Waals surface area contributed by atoms with E-state index in [9.17, 15) is 10.0 Å². The molecule has 0 amide bonds. The van der Waals surface area contributed by atoms with Gasteiger partial charge in [0.2, 0.25) is 0 Å². The minimum absolute atomic E-state index is 0.220. The van der Waals surface area contributed by atoms with Crippen molar-refractivity contribution < 1.29 is 10.0 Å². The van der Waals surface area contributed by atoms with Gasteiger partial charge in [0.1, 0.15) is 0 Å². The van der Waals surface area contributed by atoms with Crippen LogP contribution in [0.2, 0.25) is 0 Å². The highest BCUT2D eigenvalue weighted by Crippen LogP contribution is 2.48. The fourth-order valence-electron chi connectivity index (χ4n) is 7.21. The van der Waals surface area contributed by atoms with Crippen LogP contribution in [0.25, 0.3) is 27.5 Å². The van der Waals surface area contributed by atoms with Gasteiger partial charge >= 0.3 is 7.12 Å². The van der Waals surface area contributed by atoms with E-state index in [1.54, 1.807) is 6.07 Å². The van der Waals surface area contributed by atoms with E-state index >= 15 is 0 Å². The molecule has 8 rings (SSSR count). The number of benzene rings is 3. The van der Waals surface area contributed by atoms with Crippen LogP contribution in [0.15, 0.2) is 132 Å². The number of para-hydroxylation sites is 1. The Morgan fingerprint density at radius 1 is 0.829 bits per heavy atom. The first kappa shape index (κ1) is 24.5. The van der Waals surface area contributed by atoms with Crippen molar-refractivity contribution >= 4 is 45.8 Å². The van der Waals surface area contributed by atoms with Gasteiger partial charge in [-0.1, -0.05) is 72.9 Å². The van der Waals surface area contributed by atoms with Gasteiger partial charge in [-0.2, -0.15) is 0 Å². The average Bonchev–Trinajstić information content (AvgIpc) is 3.54. The zero-order valence-corrected chi connectivity index (χ0v) is 22.8. The third-order valence-electron chi connectivity index (χ3n) is 9.12. The molecule has 2 unspecified atom stereocenters. The van der Waals surface area contributed by atoms with Crippen LogP contribution in [0, 0.1) is 0 Å². The van der Waals surface area contributed by atoms with Crippen molar-refractivity contribution in [2.75, 3.05) is 4.90 Å². The van der Waals surface area contributed by atoms with E-state index in [-0.39, 0.29) is 12.0 Å². The van der Waals surface area contributed by atoms with Crippen LogP contribution >= 0.6 is 0 Å². The lowest BCUT2D eigenvalue weighted by Crippen LogP contribution is -2.34. The first-order valence-corrected chi connectivity index (χ1v) is 14.6. The monoisotopic (exact) mass is 534 g/mol. The molecule has 4 aliphatic rings. The van der Waals surface area contributed by atoms with Gasteiger partial charge in [-0.3, -0.25) is 0 Å². The Morgan fingerprint density at radius 2 is 1.71 bits per heavy atom. The van der Waals surface area contributed by atoms with E-state index in [1.807, 2.05) is 12.1 Å². The molecule has 1 aromatic heterocycles. The number of fused-ring (bicyclic) bond motifs is 5. The molecule has 0 fully saturated rings. The molecule has 41 heavy (non-hydrogen) atoms. The third kappa shape index (κ3) is 3.92. The molecule has 2 N–H and O–H groups in total. The molecular formula is C36H31BN2O2. The fourth-order valence-corrected chi connectivity index (χ4v) is 7.21. The minimum atomic E-state index is -1.48. The van der Waals surface area contributed by atoms with Gasteiger partial charge in [0.25, 0.3) is 0 Å². The Labute approximate surface area is 240 Å². The van der Waals surface area contributed by atoms with Crippen LogP contribution in [0.4, 0.5) is 5.69 Å². The predicted octanol–water partition coefficient (Wildman–Crippen LogP) is 6.74. The van der Waals surface area contributed by atoms with Gasteiger partial charge in [0.15, 0.2) is 0 Å². The maximum Gasteiger partial charge on any atom is 0.488 e. The molecule has 5 heteroatoms. The van der Waals surface area contributed by atoms with Crippen LogP contribution in [0.1, 0.15) is 37.2 Å². The minimum Gasteiger partial charge on any atom is -0.423 e. The highest BCUT2D eigenvalue weighted by Gasteiger charge is 2.38. The Hall–Kier alpha value is -4.32. The summed E-state index contributed by atoms with van der Waals surface area (Å²) in [7, 11) is -1.48. The number of hydrogen-bond donors (Lipinski definition) is 2. The molecule has 0 spiro atoms. The number of hydrogen-bond acceptors (Lipinski definition) is 3. The number of rotatable bonds is 4. The standard InChI is InChI=1S/C36H31BN2O2/c40-37(41)26-9-8-12-28(23-26)39-34-16-7-5-14-30(34)32-22-25(18-20-36(32)39)24-17-19-35-31(21-24)29-13-4-6-15-33(29)38(35)27-10-2-1-3-11-27/h1-2,4-10,12-15,17-21,23,25,34,40-41H,3,11,16,22H2. The molecule has 4 nitrogen and oxygen atoms in total. The van der Waals surface area contributed by atoms with Crippen molar-refractivity contribution in [3.05, 3.63) is 138 Å². The second-order valence-corrected chi connectivity index (χ2v) is 11.4. The molecule has 0 bridgehead atoms. The molecule has 1 aliphatic heterocycles. The van der Waals surface area contributed by atoms with Crippen molar-refractivity contribution in [3.63, 3.8) is 0 Å². The van der Waals surface area contributed by atoms with Crippen LogP contribution in [-0.2, 0) is 0 Å². The molecule has 0 radical (unpaired) electrons. The first-order valence-electron chi connectivity index (χ1n) is 14.6. The van der Waals surface area contributed by atoms with E-state index in [1.165, 1.54) is 49.9 Å². The summed E-state index contributed by atoms with van der Waals surface area (Å²) in [6, 6.07) is 23.7. The second kappa shape index (κ2) is 9.65. The van der Waals surface area contributed by atoms with Gasteiger partial charge in [-0.15, -0.1) is 0 Å². The van der Waals surface area contributed by atoms with Crippen molar-refractivity contribution in [2.45, 2.75) is 37.6 Å². The summed E-state index contributed by atoms with van der Waals surface area (Å²) in [6.45, 7) is 0. The molecule has 3 aromatic carbocycles. The lowest BCUT2D eigenvalue weighted by Gasteiger charge is -2.30. The normalized spacial score (nSPS) is 21.4. The predicted molar refractivity (Wildman–Crippen MR) is 170 cm³/mol. The van der Waals surface area contributed by atoms with Crippen molar-refractivity contribution in [1.82, 2.24) is 4.57 Å². The maximum absolute atomic E-state index is 9.81. The van der Waals surface area contributed by atoms with E-state index in [2.05, 4.69) is 107 Å². The fraction of sp³-hybridized carbons (Fsp3) is 0.167. The zero-order valence-electron chi connectivity index (χ0n) is 22.8. The molecule has 0 saturated carbocycles. The smallest absolute Gasteiger partial charge is 0.423 e. The topological polar surface area (TPSA) is 48.6 Å². The van der Waals surface area contributed by atoms with Crippen molar-refractivity contribution in [2.24, 2.45) is 0 Å². The number of aromatic nitrogens is 1. The highest BCUT2D eigenvalue weighted by atomic mass is 16.4. The number of allylic oxidation sites excluding steroid dienone is 8. The number of nitrogens with zero attached hydrogens (tertiary/aromatic N) is 2. The Balaban J connectivity index is 1.20. The average molecular weight is 534 g/mol. The van der Waals surface area contributed by atoms with Crippen LogP contribution in [0.5, 0.6) is 0 Å². The Morgan fingerprint density at radius 3 is 2.59 bits per heavy atom. The quantitative estimate of drug-likeness (QED) is 0.285. The summed E-state index contributed by atoms with van der Waals surface area (Å²) in [5, 5.41) is 22.2. The van der Waals surface area contributed by atoms with E-state index in [0.717, 1.165) is 31.4 Å². The van der Waals surface area contributed by atoms with E-state index in [0.29, 0.717) is 5.46 Å². The molecule has 3 aliphatic carbocycles. The van der Waals surface area contributed by atoms with Gasteiger partial charge in [0, 0.05) is 33.8 Å². The summed E-state index contributed by atoms with van der Waals surface area (Å²) in [5.41, 5.74) is 10.7. The van der Waals surface area contributed by atoms with Crippen LogP contribution in [-0.4, -0.2) is 27.8 Å². The lowest BCUT2D eigenvalue weighted by atomic mass is 9.80. The first-order chi connectivity index (χ1) is 20.2. The zero-order chi connectivity index (χ0) is 27.5. The van der Waals surface area contributed by atoms with Gasteiger partial charge in [-0.25, -0.2) is 0 Å². The lowest BCUT2D eigenvalue weighted by molar-refractivity contribution is 0.426. The Bertz CT molecular complexity index is 1900. The summed E-state index contributed by atoms with van der Waals surface area (Å²) < 4.78 is 2.45. The summed E-state index contributed by atoms with van der Waals surface area (Å²) in [4.78, 5) is 2.38. The van der Waals surface area contributed by atoms with Gasteiger partial charge in [-0.05, 0) is 90.3 Å². The van der Waals surface area contributed by atoms with Crippen molar-refractivity contribution in [3.8, 4) is 0 Å². The molecule has 0 saturated heterocycles. The number of anilines is 1. The van der Waals surface area contributed by atoms with Crippen LogP contribution < -0.4 is 10.4 Å². The molecule has 2 atom stereocenters. The second-order valence-electron chi connectivity index (χ2n) is 11.4. The molecular weight excluding hydrogens is 503 g/mol. The summed E-state index contributed by atoms with van der Waals surface area (Å²) >= 11 is 0. The molecule has 4 aromatic rings. The largest absolute Gasteiger partial charge is 0.488 e. The van der Waals surface area contributed by atoms with Gasteiger partial charge in [0.05, 0.1) is 17.1 Å². The molecule has 2 heterocycles. The summed E-state index contributed by atoms with van der Waals surface area (Å²) in [5.74, 6) is 0.287. The third-order valence-corrected chi connectivity index (χ3v) is 9.12. The van der Waals surface area contributed by atoms with Crippen LogP contribution in [0.3, 0.4) is 0 Å². The molecule has 200 valence electrons. The van der Waals surface area contributed by atoms with E-state index < -0.39 is 7.12 Å². The van der Waals surface area contributed by atoms with Crippen molar-refractivity contribution in [1.29, 1.82) is 0 Å². The highest BCUT2D eigenvalue weighted by molar-refractivity contribution is 6.58. The Kier molecular flexibility index (Phi) is 5.76. The SMILES string of the molecule is OB(O)c1cccc(N2C3=C(CC(c4ccc5c(c4)c4ccccc4n5C4=CC=CCC4)C=C3)C3=CC=CCC32)c1. The van der Waals surface area contributed by atoms with E-state index in [4.69, 9.17) is 0 Å². The maximum atomic E-state index is 9.81.